The number of methoxy groups -OCH3 is 1. The molecule has 0 saturated carbocycles. The number of aromatic nitrogens is 2. The molecule has 0 spiro atoms. The van der Waals surface area contributed by atoms with Gasteiger partial charge in [-0.05, 0) is 49.7 Å². The van der Waals surface area contributed by atoms with Gasteiger partial charge in [-0.25, -0.2) is 0 Å². The average molecular weight is 441 g/mol. The lowest BCUT2D eigenvalue weighted by atomic mass is 9.95. The highest BCUT2D eigenvalue weighted by molar-refractivity contribution is 6.31. The summed E-state index contributed by atoms with van der Waals surface area (Å²) in [4.78, 5) is 19.3. The summed E-state index contributed by atoms with van der Waals surface area (Å²) in [5, 5.41) is 7.72. The van der Waals surface area contributed by atoms with E-state index in [4.69, 9.17) is 20.9 Å². The van der Waals surface area contributed by atoms with Gasteiger partial charge in [0, 0.05) is 23.0 Å². The van der Waals surface area contributed by atoms with Crippen molar-refractivity contribution in [2.75, 3.05) is 20.2 Å². The molecule has 2 aromatic carbocycles. The van der Waals surface area contributed by atoms with Gasteiger partial charge in [0.25, 0.3) is 0 Å². The Labute approximate surface area is 186 Å². The first-order valence-corrected chi connectivity index (χ1v) is 10.7. The van der Waals surface area contributed by atoms with Crippen LogP contribution in [0.5, 0.6) is 5.75 Å². The molecular formula is C23H25ClN4O3. The van der Waals surface area contributed by atoms with E-state index in [1.807, 2.05) is 48.5 Å². The third kappa shape index (κ3) is 5.42. The van der Waals surface area contributed by atoms with E-state index in [1.54, 1.807) is 7.11 Å². The highest BCUT2D eigenvalue weighted by atomic mass is 35.5. The summed E-state index contributed by atoms with van der Waals surface area (Å²) in [6.07, 6.45) is 1.63. The second kappa shape index (κ2) is 9.94. The van der Waals surface area contributed by atoms with Gasteiger partial charge in [-0.2, -0.15) is 4.98 Å². The largest absolute Gasteiger partial charge is 0.497 e. The van der Waals surface area contributed by atoms with E-state index in [-0.39, 0.29) is 18.4 Å². The number of amides is 1. The Morgan fingerprint density at radius 3 is 2.81 bits per heavy atom. The highest BCUT2D eigenvalue weighted by Crippen LogP contribution is 2.23. The predicted octanol–water partition coefficient (Wildman–Crippen LogP) is 3.93. The second-order valence-corrected chi connectivity index (χ2v) is 8.01. The number of piperidine rings is 1. The molecule has 1 aliphatic heterocycles. The molecular weight excluding hydrogens is 416 g/mol. The Bertz CT molecular complexity index is 1030. The van der Waals surface area contributed by atoms with Crippen molar-refractivity contribution in [3.63, 3.8) is 0 Å². The summed E-state index contributed by atoms with van der Waals surface area (Å²) in [5.74, 6) is 1.58. The number of nitrogens with one attached hydrogen (secondary N) is 1. The molecule has 1 aliphatic rings. The van der Waals surface area contributed by atoms with E-state index < -0.39 is 0 Å². The second-order valence-electron chi connectivity index (χ2n) is 7.60. The van der Waals surface area contributed by atoms with E-state index >= 15 is 0 Å². The number of nitrogens with zero attached hydrogens (tertiary/aromatic N) is 3. The monoisotopic (exact) mass is 440 g/mol. The van der Waals surface area contributed by atoms with Gasteiger partial charge in [0.05, 0.1) is 13.7 Å². The number of carbonyl (C=O) groups is 1. The van der Waals surface area contributed by atoms with Crippen LogP contribution in [0.3, 0.4) is 0 Å². The lowest BCUT2D eigenvalue weighted by molar-refractivity contribution is -0.126. The van der Waals surface area contributed by atoms with Gasteiger partial charge in [-0.1, -0.05) is 47.1 Å². The topological polar surface area (TPSA) is 80.5 Å². The van der Waals surface area contributed by atoms with E-state index in [2.05, 4.69) is 20.4 Å². The Kier molecular flexibility index (Phi) is 6.84. The molecule has 1 amide bonds. The van der Waals surface area contributed by atoms with Crippen LogP contribution in [0.15, 0.2) is 53.1 Å². The molecule has 0 radical (unpaired) electrons. The SMILES string of the molecule is COc1cccc(-c2noc(CNC(=O)C3CCN(Cc4ccccc4Cl)CC3)n2)c1. The van der Waals surface area contributed by atoms with E-state index in [0.717, 1.165) is 54.4 Å². The van der Waals surface area contributed by atoms with Gasteiger partial charge in [0.2, 0.25) is 17.6 Å². The van der Waals surface area contributed by atoms with Crippen LogP contribution >= 0.6 is 11.6 Å². The van der Waals surface area contributed by atoms with Crippen molar-refractivity contribution in [3.8, 4) is 17.1 Å². The maximum absolute atomic E-state index is 12.6. The number of hydrogen-bond acceptors (Lipinski definition) is 6. The molecule has 3 aromatic rings. The van der Waals surface area contributed by atoms with Crippen molar-refractivity contribution in [1.29, 1.82) is 0 Å². The van der Waals surface area contributed by atoms with Crippen molar-refractivity contribution < 1.29 is 14.1 Å². The number of halogens is 1. The molecule has 1 fully saturated rings. The average Bonchev–Trinajstić information content (AvgIpc) is 3.29. The molecule has 1 aromatic heterocycles. The van der Waals surface area contributed by atoms with Gasteiger partial charge in [-0.15, -0.1) is 0 Å². The summed E-state index contributed by atoms with van der Waals surface area (Å²) in [6.45, 7) is 2.76. The van der Waals surface area contributed by atoms with Gasteiger partial charge < -0.3 is 14.6 Å². The summed E-state index contributed by atoms with van der Waals surface area (Å²) in [7, 11) is 1.61. The fraction of sp³-hybridized carbons (Fsp3) is 0.348. The quantitative estimate of drug-likeness (QED) is 0.599. The predicted molar refractivity (Wildman–Crippen MR) is 118 cm³/mol. The summed E-state index contributed by atoms with van der Waals surface area (Å²) in [5.41, 5.74) is 1.92. The van der Waals surface area contributed by atoms with Gasteiger partial charge in [0.15, 0.2) is 0 Å². The highest BCUT2D eigenvalue weighted by Gasteiger charge is 2.25. The molecule has 0 unspecified atom stereocenters. The summed E-state index contributed by atoms with van der Waals surface area (Å²) < 4.78 is 10.5. The standard InChI is InChI=1S/C23H25ClN4O3/c1-30-19-7-4-6-17(13-19)22-26-21(31-27-22)14-25-23(29)16-9-11-28(12-10-16)15-18-5-2-3-8-20(18)24/h2-8,13,16H,9-12,14-15H2,1H3,(H,25,29). The molecule has 8 heteroatoms. The van der Waals surface area contributed by atoms with Crippen LogP contribution in [0.1, 0.15) is 24.3 Å². The van der Waals surface area contributed by atoms with E-state index in [9.17, 15) is 4.79 Å². The van der Waals surface area contributed by atoms with E-state index in [1.165, 1.54) is 0 Å². The van der Waals surface area contributed by atoms with Crippen LogP contribution in [-0.2, 0) is 17.9 Å². The third-order valence-corrected chi connectivity index (χ3v) is 5.89. The summed E-state index contributed by atoms with van der Waals surface area (Å²) in [6, 6.07) is 15.3. The Morgan fingerprint density at radius 1 is 1.23 bits per heavy atom. The van der Waals surface area contributed by atoms with Crippen LogP contribution in [0, 0.1) is 5.92 Å². The number of benzene rings is 2. The number of carbonyl (C=O) groups excluding carboxylic acids is 1. The molecule has 4 rings (SSSR count). The smallest absolute Gasteiger partial charge is 0.246 e. The molecule has 0 atom stereocenters. The van der Waals surface area contributed by atoms with Crippen molar-refractivity contribution in [1.82, 2.24) is 20.4 Å². The Morgan fingerprint density at radius 2 is 2.03 bits per heavy atom. The van der Waals surface area contributed by atoms with Crippen LogP contribution in [0.4, 0.5) is 0 Å². The fourth-order valence-electron chi connectivity index (χ4n) is 3.73. The van der Waals surface area contributed by atoms with Crippen LogP contribution < -0.4 is 10.1 Å². The van der Waals surface area contributed by atoms with Crippen molar-refractivity contribution in [2.24, 2.45) is 5.92 Å². The maximum atomic E-state index is 12.6. The third-order valence-electron chi connectivity index (χ3n) is 5.52. The first kappa shape index (κ1) is 21.3. The molecule has 0 aliphatic carbocycles. The van der Waals surface area contributed by atoms with Crippen LogP contribution in [0.25, 0.3) is 11.4 Å². The number of rotatable bonds is 7. The van der Waals surface area contributed by atoms with Crippen LogP contribution in [0.2, 0.25) is 5.02 Å². The fourth-order valence-corrected chi connectivity index (χ4v) is 3.93. The zero-order valence-corrected chi connectivity index (χ0v) is 18.1. The number of likely N-dealkylation sites (tertiary alicyclic amines) is 1. The zero-order chi connectivity index (χ0) is 21.6. The molecule has 1 N–H and O–H groups in total. The van der Waals surface area contributed by atoms with Crippen molar-refractivity contribution in [3.05, 3.63) is 65.0 Å². The zero-order valence-electron chi connectivity index (χ0n) is 17.4. The number of hydrogen-bond donors (Lipinski definition) is 1. The molecule has 1 saturated heterocycles. The van der Waals surface area contributed by atoms with Gasteiger partial charge >= 0.3 is 0 Å². The first-order valence-electron chi connectivity index (χ1n) is 10.3. The molecule has 31 heavy (non-hydrogen) atoms. The minimum atomic E-state index is -0.0109. The maximum Gasteiger partial charge on any atom is 0.246 e. The lowest BCUT2D eigenvalue weighted by Gasteiger charge is -2.31. The Hall–Kier alpha value is -2.90. The van der Waals surface area contributed by atoms with Crippen molar-refractivity contribution in [2.45, 2.75) is 25.9 Å². The van der Waals surface area contributed by atoms with Gasteiger partial charge in [0.1, 0.15) is 5.75 Å². The van der Waals surface area contributed by atoms with Crippen molar-refractivity contribution >= 4 is 17.5 Å². The Balaban J connectivity index is 1.25. The van der Waals surface area contributed by atoms with E-state index in [0.29, 0.717) is 11.7 Å². The summed E-state index contributed by atoms with van der Waals surface area (Å²) >= 11 is 6.26. The normalized spacial score (nSPS) is 15.0. The minimum Gasteiger partial charge on any atom is -0.497 e. The lowest BCUT2D eigenvalue weighted by Crippen LogP contribution is -2.40. The molecule has 2 heterocycles. The first-order chi connectivity index (χ1) is 15.1. The molecule has 7 nitrogen and oxygen atoms in total. The minimum absolute atomic E-state index is 0.0109. The molecule has 0 bridgehead atoms. The number of ether oxygens (including phenoxy) is 1. The van der Waals surface area contributed by atoms with Gasteiger partial charge in [-0.3, -0.25) is 9.69 Å². The molecule has 162 valence electrons. The van der Waals surface area contributed by atoms with Crippen LogP contribution in [-0.4, -0.2) is 41.1 Å².